The zero-order chi connectivity index (χ0) is 19.3. The van der Waals surface area contributed by atoms with Gasteiger partial charge >= 0.3 is 0 Å². The van der Waals surface area contributed by atoms with Crippen molar-refractivity contribution in [3.8, 4) is 0 Å². The van der Waals surface area contributed by atoms with E-state index in [0.29, 0.717) is 11.3 Å². The van der Waals surface area contributed by atoms with Crippen LogP contribution in [0, 0.1) is 0 Å². The van der Waals surface area contributed by atoms with E-state index in [9.17, 15) is 9.59 Å². The minimum Gasteiger partial charge on any atom is -0.349 e. The molecule has 4 nitrogen and oxygen atoms in total. The highest BCUT2D eigenvalue weighted by molar-refractivity contribution is 6.06. The Morgan fingerprint density at radius 2 is 1.29 bits per heavy atom. The average Bonchev–Trinajstić information content (AvgIpc) is 3.54. The molecule has 1 saturated carbocycles. The van der Waals surface area contributed by atoms with Gasteiger partial charge in [-0.15, -0.1) is 0 Å². The fourth-order valence-electron chi connectivity index (χ4n) is 3.27. The van der Waals surface area contributed by atoms with Gasteiger partial charge < -0.3 is 10.6 Å². The molecule has 28 heavy (non-hydrogen) atoms. The van der Waals surface area contributed by atoms with Crippen LogP contribution in [0.5, 0.6) is 0 Å². The summed E-state index contributed by atoms with van der Waals surface area (Å²) in [7, 11) is 0. The first-order chi connectivity index (χ1) is 13.7. The second-order valence-electron chi connectivity index (χ2n) is 7.04. The van der Waals surface area contributed by atoms with Gasteiger partial charge in [0.05, 0.1) is 17.2 Å². The smallest absolute Gasteiger partial charge is 0.253 e. The first-order valence-electron chi connectivity index (χ1n) is 9.53. The van der Waals surface area contributed by atoms with E-state index in [-0.39, 0.29) is 17.9 Å². The van der Waals surface area contributed by atoms with Crippen LogP contribution in [0.3, 0.4) is 0 Å². The van der Waals surface area contributed by atoms with Crippen LogP contribution in [0.1, 0.15) is 40.2 Å². The summed E-state index contributed by atoms with van der Waals surface area (Å²) in [5, 5.41) is 5.97. The van der Waals surface area contributed by atoms with Gasteiger partial charge in [-0.3, -0.25) is 9.59 Å². The van der Waals surface area contributed by atoms with E-state index in [1.54, 1.807) is 12.1 Å². The second kappa shape index (κ2) is 8.09. The molecule has 2 amide bonds. The molecule has 1 aliphatic rings. The molecule has 0 saturated heterocycles. The Morgan fingerprint density at radius 1 is 0.750 bits per heavy atom. The first kappa shape index (κ1) is 18.0. The Labute approximate surface area is 164 Å². The minimum atomic E-state index is -0.457. The predicted molar refractivity (Wildman–Crippen MR) is 110 cm³/mol. The fraction of sp³-hybridized carbons (Fsp3) is 0.167. The normalized spacial score (nSPS) is 13.2. The van der Waals surface area contributed by atoms with Gasteiger partial charge in [-0.25, -0.2) is 0 Å². The second-order valence-corrected chi connectivity index (χ2v) is 7.04. The molecule has 0 heterocycles. The van der Waals surface area contributed by atoms with Crippen LogP contribution in [0.15, 0.2) is 84.9 Å². The lowest BCUT2D eigenvalue weighted by Gasteiger charge is -2.19. The Kier molecular flexibility index (Phi) is 5.20. The van der Waals surface area contributed by atoms with Crippen molar-refractivity contribution >= 4 is 17.5 Å². The van der Waals surface area contributed by atoms with Crippen molar-refractivity contribution in [1.29, 1.82) is 0 Å². The van der Waals surface area contributed by atoms with Crippen LogP contribution in [0.2, 0.25) is 0 Å². The number of amides is 2. The molecule has 2 N–H and O–H groups in total. The maximum atomic E-state index is 13.3. The molecule has 0 atom stereocenters. The lowest BCUT2D eigenvalue weighted by Crippen LogP contribution is -2.28. The quantitative estimate of drug-likeness (QED) is 0.678. The predicted octanol–water partition coefficient (Wildman–Crippen LogP) is 4.35. The highest BCUT2D eigenvalue weighted by atomic mass is 16.2. The van der Waals surface area contributed by atoms with E-state index in [2.05, 4.69) is 10.6 Å². The molecule has 0 spiro atoms. The summed E-state index contributed by atoms with van der Waals surface area (Å²) in [6, 6.07) is 26.8. The maximum absolute atomic E-state index is 13.3. The largest absolute Gasteiger partial charge is 0.349 e. The van der Waals surface area contributed by atoms with Crippen molar-refractivity contribution in [2.24, 2.45) is 0 Å². The summed E-state index contributed by atoms with van der Waals surface area (Å²) < 4.78 is 0. The minimum absolute atomic E-state index is 0.144. The molecule has 4 heteroatoms. The van der Waals surface area contributed by atoms with Crippen molar-refractivity contribution in [2.45, 2.75) is 24.8 Å². The van der Waals surface area contributed by atoms with Crippen molar-refractivity contribution < 1.29 is 9.59 Å². The highest BCUT2D eigenvalue weighted by Crippen LogP contribution is 2.27. The molecule has 4 rings (SSSR count). The first-order valence-corrected chi connectivity index (χ1v) is 9.53. The van der Waals surface area contributed by atoms with Crippen LogP contribution in [-0.4, -0.2) is 17.9 Å². The monoisotopic (exact) mass is 370 g/mol. The Hall–Kier alpha value is -3.40. The van der Waals surface area contributed by atoms with Gasteiger partial charge in [0.2, 0.25) is 5.91 Å². The molecule has 0 unspecified atom stereocenters. The summed E-state index contributed by atoms with van der Waals surface area (Å²) in [4.78, 5) is 25.8. The molecule has 140 valence electrons. The van der Waals surface area contributed by atoms with Crippen molar-refractivity contribution in [2.75, 3.05) is 5.32 Å². The molecule has 0 aromatic heterocycles. The van der Waals surface area contributed by atoms with Crippen LogP contribution < -0.4 is 10.6 Å². The standard InChI is InChI=1S/C24H22N2O2/c27-23(25-19-15-16-19)20-13-7-8-14-21(20)26-24(28)22(17-9-3-1-4-10-17)18-11-5-2-6-12-18/h1-14,19,22H,15-16H2,(H,25,27)(H,26,28). The number of hydrogen-bond acceptors (Lipinski definition) is 2. The maximum Gasteiger partial charge on any atom is 0.253 e. The summed E-state index contributed by atoms with van der Waals surface area (Å²) in [5.41, 5.74) is 2.84. The molecular formula is C24H22N2O2. The number of para-hydroxylation sites is 1. The third-order valence-corrected chi connectivity index (χ3v) is 4.87. The number of carbonyl (C=O) groups is 2. The highest BCUT2D eigenvalue weighted by Gasteiger charge is 2.27. The van der Waals surface area contributed by atoms with Crippen LogP contribution in [-0.2, 0) is 4.79 Å². The SMILES string of the molecule is O=C(NC1CC1)c1ccccc1NC(=O)C(c1ccccc1)c1ccccc1. The van der Waals surface area contributed by atoms with Crippen LogP contribution in [0.4, 0.5) is 5.69 Å². The third kappa shape index (κ3) is 4.12. The summed E-state index contributed by atoms with van der Waals surface area (Å²) in [5.74, 6) is -0.764. The van der Waals surface area contributed by atoms with Gasteiger partial charge in [0.15, 0.2) is 0 Å². The molecule has 3 aromatic carbocycles. The van der Waals surface area contributed by atoms with Crippen molar-refractivity contribution in [3.05, 3.63) is 102 Å². The van der Waals surface area contributed by atoms with Gasteiger partial charge in [0.25, 0.3) is 5.91 Å². The van der Waals surface area contributed by atoms with Crippen molar-refractivity contribution in [3.63, 3.8) is 0 Å². The number of nitrogens with one attached hydrogen (secondary N) is 2. The molecule has 0 aliphatic heterocycles. The number of rotatable bonds is 6. The number of benzene rings is 3. The zero-order valence-corrected chi connectivity index (χ0v) is 15.5. The lowest BCUT2D eigenvalue weighted by molar-refractivity contribution is -0.116. The van der Waals surface area contributed by atoms with Crippen LogP contribution in [0.25, 0.3) is 0 Å². The fourth-order valence-corrected chi connectivity index (χ4v) is 3.27. The molecule has 0 bridgehead atoms. The topological polar surface area (TPSA) is 58.2 Å². The lowest BCUT2D eigenvalue weighted by atomic mass is 9.90. The van der Waals surface area contributed by atoms with E-state index in [1.165, 1.54) is 0 Å². The van der Waals surface area contributed by atoms with E-state index < -0.39 is 5.92 Å². The Balaban J connectivity index is 1.63. The summed E-state index contributed by atoms with van der Waals surface area (Å²) in [6.45, 7) is 0. The van der Waals surface area contributed by atoms with Gasteiger partial charge in [-0.05, 0) is 36.1 Å². The van der Waals surface area contributed by atoms with E-state index in [1.807, 2.05) is 72.8 Å². The van der Waals surface area contributed by atoms with E-state index in [4.69, 9.17) is 0 Å². The van der Waals surface area contributed by atoms with Gasteiger partial charge in [0, 0.05) is 6.04 Å². The van der Waals surface area contributed by atoms with Gasteiger partial charge in [0.1, 0.15) is 0 Å². The summed E-state index contributed by atoms with van der Waals surface area (Å²) >= 11 is 0. The zero-order valence-electron chi connectivity index (χ0n) is 15.5. The molecule has 3 aromatic rings. The Bertz CT molecular complexity index is 927. The molecule has 1 fully saturated rings. The Morgan fingerprint density at radius 3 is 1.86 bits per heavy atom. The number of hydrogen-bond donors (Lipinski definition) is 2. The van der Waals surface area contributed by atoms with Gasteiger partial charge in [-0.1, -0.05) is 72.8 Å². The molecule has 0 radical (unpaired) electrons. The number of carbonyl (C=O) groups excluding carboxylic acids is 2. The molecule has 1 aliphatic carbocycles. The van der Waals surface area contributed by atoms with E-state index >= 15 is 0 Å². The van der Waals surface area contributed by atoms with Crippen molar-refractivity contribution in [1.82, 2.24) is 5.32 Å². The third-order valence-electron chi connectivity index (χ3n) is 4.87. The van der Waals surface area contributed by atoms with E-state index in [0.717, 1.165) is 24.0 Å². The average molecular weight is 370 g/mol. The van der Waals surface area contributed by atoms with Crippen LogP contribution >= 0.6 is 0 Å². The van der Waals surface area contributed by atoms with Gasteiger partial charge in [-0.2, -0.15) is 0 Å². The molecular weight excluding hydrogens is 348 g/mol. The summed E-state index contributed by atoms with van der Waals surface area (Å²) in [6.07, 6.45) is 2.04. The number of anilines is 1.